The molecule has 0 radical (unpaired) electrons. The number of benzene rings is 1. The Morgan fingerprint density at radius 3 is 2.29 bits per heavy atom. The largest absolute Gasteiger partial charge is 0.493 e. The van der Waals surface area contributed by atoms with Gasteiger partial charge < -0.3 is 30.6 Å². The Morgan fingerprint density at radius 1 is 0.964 bits per heavy atom. The van der Waals surface area contributed by atoms with Crippen LogP contribution >= 0.6 is 0 Å². The molecule has 9 nitrogen and oxygen atoms in total. The van der Waals surface area contributed by atoms with Gasteiger partial charge in [0.05, 0.1) is 21.3 Å². The van der Waals surface area contributed by atoms with Crippen molar-refractivity contribution in [1.82, 2.24) is 15.0 Å². The molecule has 1 aromatic carbocycles. The number of rotatable bonds is 8. The standard InChI is InChI=1S/C19H22N6O3/c1-26-14-7-13(8-15(27-2)18(14)28-3)23-17-9-16(24-19(20)25-17)22-11-12-5-4-6-21-10-12/h4-10H,11H2,1-3H3,(H4,20,22,23,24,25). The number of methoxy groups -OCH3 is 3. The van der Waals surface area contributed by atoms with Crippen LogP contribution in [0, 0.1) is 0 Å². The predicted molar refractivity (Wildman–Crippen MR) is 107 cm³/mol. The third-order valence-corrected chi connectivity index (χ3v) is 3.88. The summed E-state index contributed by atoms with van der Waals surface area (Å²) >= 11 is 0. The summed E-state index contributed by atoms with van der Waals surface area (Å²) in [5.41, 5.74) is 7.58. The second-order valence-corrected chi connectivity index (χ2v) is 5.75. The summed E-state index contributed by atoms with van der Waals surface area (Å²) in [5.74, 6) is 2.83. The molecule has 0 atom stereocenters. The number of hydrogen-bond acceptors (Lipinski definition) is 9. The molecular formula is C19H22N6O3. The summed E-state index contributed by atoms with van der Waals surface area (Å²) < 4.78 is 16.1. The Bertz CT molecular complexity index is 911. The smallest absolute Gasteiger partial charge is 0.223 e. The number of nitrogens with two attached hydrogens (primary N) is 1. The topological polar surface area (TPSA) is 116 Å². The average molecular weight is 382 g/mol. The van der Waals surface area contributed by atoms with Gasteiger partial charge in [-0.2, -0.15) is 9.97 Å². The zero-order valence-corrected chi connectivity index (χ0v) is 15.9. The molecule has 2 heterocycles. The highest BCUT2D eigenvalue weighted by Crippen LogP contribution is 2.40. The molecule has 0 unspecified atom stereocenters. The molecule has 0 spiro atoms. The van der Waals surface area contributed by atoms with Crippen molar-refractivity contribution in [3.8, 4) is 17.2 Å². The van der Waals surface area contributed by atoms with E-state index in [1.54, 1.807) is 51.9 Å². The van der Waals surface area contributed by atoms with E-state index in [-0.39, 0.29) is 5.95 Å². The van der Waals surface area contributed by atoms with E-state index >= 15 is 0 Å². The highest BCUT2D eigenvalue weighted by Gasteiger charge is 2.14. The number of hydrogen-bond donors (Lipinski definition) is 3. The number of nitrogens with zero attached hydrogens (tertiary/aromatic N) is 3. The van der Waals surface area contributed by atoms with E-state index in [2.05, 4.69) is 25.6 Å². The maximum Gasteiger partial charge on any atom is 0.223 e. The normalized spacial score (nSPS) is 10.2. The van der Waals surface area contributed by atoms with Gasteiger partial charge >= 0.3 is 0 Å². The van der Waals surface area contributed by atoms with Gasteiger partial charge in [0, 0.05) is 42.8 Å². The van der Waals surface area contributed by atoms with Crippen molar-refractivity contribution in [2.24, 2.45) is 0 Å². The van der Waals surface area contributed by atoms with Crippen LogP contribution in [0.2, 0.25) is 0 Å². The fourth-order valence-electron chi connectivity index (χ4n) is 2.62. The monoisotopic (exact) mass is 382 g/mol. The fraction of sp³-hybridized carbons (Fsp3) is 0.211. The van der Waals surface area contributed by atoms with Crippen LogP contribution in [0.15, 0.2) is 42.7 Å². The first-order valence-corrected chi connectivity index (χ1v) is 8.47. The first-order valence-electron chi connectivity index (χ1n) is 8.47. The van der Waals surface area contributed by atoms with Crippen molar-refractivity contribution in [1.29, 1.82) is 0 Å². The number of nitrogen functional groups attached to an aromatic ring is 1. The first kappa shape index (κ1) is 19.0. The van der Waals surface area contributed by atoms with E-state index in [4.69, 9.17) is 19.9 Å². The van der Waals surface area contributed by atoms with Gasteiger partial charge in [-0.3, -0.25) is 4.98 Å². The Morgan fingerprint density at radius 2 is 1.68 bits per heavy atom. The molecule has 3 aromatic rings. The zero-order chi connectivity index (χ0) is 19.9. The average Bonchev–Trinajstić information content (AvgIpc) is 2.71. The van der Waals surface area contributed by atoms with Crippen LogP contribution in [0.25, 0.3) is 0 Å². The molecule has 0 saturated carbocycles. The lowest BCUT2D eigenvalue weighted by atomic mass is 10.2. The fourth-order valence-corrected chi connectivity index (χ4v) is 2.62. The minimum Gasteiger partial charge on any atom is -0.493 e. The number of anilines is 4. The Labute approximate surface area is 162 Å². The molecule has 146 valence electrons. The van der Waals surface area contributed by atoms with Gasteiger partial charge in [-0.25, -0.2) is 0 Å². The molecule has 3 rings (SSSR count). The molecule has 0 aliphatic carbocycles. The van der Waals surface area contributed by atoms with Gasteiger partial charge in [-0.15, -0.1) is 0 Å². The highest BCUT2D eigenvalue weighted by atomic mass is 16.5. The predicted octanol–water partition coefficient (Wildman–Crippen LogP) is 2.84. The third-order valence-electron chi connectivity index (χ3n) is 3.88. The Hall–Kier alpha value is -3.75. The number of aromatic nitrogens is 3. The van der Waals surface area contributed by atoms with Crippen LogP contribution in [-0.2, 0) is 6.54 Å². The number of pyridine rings is 1. The molecule has 9 heteroatoms. The van der Waals surface area contributed by atoms with Crippen LogP contribution in [0.4, 0.5) is 23.3 Å². The maximum atomic E-state index is 5.86. The van der Waals surface area contributed by atoms with Crippen LogP contribution < -0.4 is 30.6 Å². The molecule has 0 bridgehead atoms. The van der Waals surface area contributed by atoms with Gasteiger partial charge in [0.25, 0.3) is 0 Å². The van der Waals surface area contributed by atoms with Crippen LogP contribution in [0.5, 0.6) is 17.2 Å². The molecule has 0 amide bonds. The van der Waals surface area contributed by atoms with Gasteiger partial charge in [0.1, 0.15) is 11.6 Å². The lowest BCUT2D eigenvalue weighted by Crippen LogP contribution is -2.06. The van der Waals surface area contributed by atoms with Gasteiger partial charge in [0.15, 0.2) is 11.5 Å². The Balaban J connectivity index is 1.81. The van der Waals surface area contributed by atoms with E-state index in [0.717, 1.165) is 5.56 Å². The lowest BCUT2D eigenvalue weighted by Gasteiger charge is -2.15. The second-order valence-electron chi connectivity index (χ2n) is 5.75. The van der Waals surface area contributed by atoms with E-state index < -0.39 is 0 Å². The molecule has 0 aliphatic rings. The van der Waals surface area contributed by atoms with E-state index in [9.17, 15) is 0 Å². The molecule has 0 fully saturated rings. The van der Waals surface area contributed by atoms with Crippen LogP contribution in [-0.4, -0.2) is 36.3 Å². The molecule has 0 saturated heterocycles. The Kier molecular flexibility index (Phi) is 5.95. The minimum absolute atomic E-state index is 0.145. The highest BCUT2D eigenvalue weighted by molar-refractivity contribution is 5.68. The zero-order valence-electron chi connectivity index (χ0n) is 15.9. The third kappa shape index (κ3) is 4.50. The van der Waals surface area contributed by atoms with Crippen LogP contribution in [0.3, 0.4) is 0 Å². The molecule has 0 aliphatic heterocycles. The molecule has 4 N–H and O–H groups in total. The summed E-state index contributed by atoms with van der Waals surface area (Å²) in [6.07, 6.45) is 3.51. The molecular weight excluding hydrogens is 360 g/mol. The van der Waals surface area contributed by atoms with Crippen LogP contribution in [0.1, 0.15) is 5.56 Å². The number of nitrogens with one attached hydrogen (secondary N) is 2. The quantitative estimate of drug-likeness (QED) is 0.540. The van der Waals surface area contributed by atoms with Crippen molar-refractivity contribution in [3.63, 3.8) is 0 Å². The lowest BCUT2D eigenvalue weighted by molar-refractivity contribution is 0.324. The SMILES string of the molecule is COc1cc(Nc2cc(NCc3cccnc3)nc(N)n2)cc(OC)c1OC. The van der Waals surface area contributed by atoms with Crippen molar-refractivity contribution in [2.45, 2.75) is 6.54 Å². The van der Waals surface area contributed by atoms with E-state index in [1.165, 1.54) is 0 Å². The van der Waals surface area contributed by atoms with Gasteiger partial charge in [-0.05, 0) is 11.6 Å². The summed E-state index contributed by atoms with van der Waals surface area (Å²) in [5, 5.41) is 6.40. The van der Waals surface area contributed by atoms with Crippen molar-refractivity contribution < 1.29 is 14.2 Å². The van der Waals surface area contributed by atoms with Gasteiger partial charge in [-0.1, -0.05) is 6.07 Å². The van der Waals surface area contributed by atoms with Crippen molar-refractivity contribution in [2.75, 3.05) is 37.7 Å². The molecule has 28 heavy (non-hydrogen) atoms. The second kappa shape index (κ2) is 8.76. The minimum atomic E-state index is 0.145. The summed E-state index contributed by atoms with van der Waals surface area (Å²) in [6.45, 7) is 0.563. The van der Waals surface area contributed by atoms with Crippen molar-refractivity contribution >= 4 is 23.3 Å². The number of ether oxygens (including phenoxy) is 3. The van der Waals surface area contributed by atoms with Gasteiger partial charge in [0.2, 0.25) is 11.7 Å². The molecule has 2 aromatic heterocycles. The van der Waals surface area contributed by atoms with E-state index in [0.29, 0.717) is 41.1 Å². The summed E-state index contributed by atoms with van der Waals surface area (Å²) in [6, 6.07) is 9.17. The van der Waals surface area contributed by atoms with Crippen molar-refractivity contribution in [3.05, 3.63) is 48.3 Å². The summed E-state index contributed by atoms with van der Waals surface area (Å²) in [4.78, 5) is 12.5. The first-order chi connectivity index (χ1) is 13.6. The maximum absolute atomic E-state index is 5.86. The van der Waals surface area contributed by atoms with E-state index in [1.807, 2.05) is 12.1 Å². The summed E-state index contributed by atoms with van der Waals surface area (Å²) in [7, 11) is 4.67.